The van der Waals surface area contributed by atoms with Gasteiger partial charge in [0.25, 0.3) is 11.8 Å². The Labute approximate surface area is 152 Å². The van der Waals surface area contributed by atoms with E-state index >= 15 is 0 Å². The van der Waals surface area contributed by atoms with Crippen LogP contribution in [0, 0.1) is 6.92 Å². The summed E-state index contributed by atoms with van der Waals surface area (Å²) >= 11 is 0. The molecule has 26 heavy (non-hydrogen) atoms. The standard InChI is InChI=1S/C20H20N2O4/c1-14-12-15(8-9-18(14)26-11-10-25-2)13-17-19(23)21-22(20(17)24)16-6-4-3-5-7-16/h3-9,12-13H,10-11H2,1-2H3,(H,21,23). The summed E-state index contributed by atoms with van der Waals surface area (Å²) in [7, 11) is 1.62. The molecule has 1 aliphatic rings. The third-order valence-electron chi connectivity index (χ3n) is 3.96. The molecule has 0 radical (unpaired) electrons. The van der Waals surface area contributed by atoms with E-state index in [1.807, 2.05) is 43.3 Å². The number of para-hydroxylation sites is 1. The molecule has 1 N–H and O–H groups in total. The van der Waals surface area contributed by atoms with Crippen LogP contribution in [0.4, 0.5) is 5.69 Å². The largest absolute Gasteiger partial charge is 0.491 e. The predicted octanol–water partition coefficient (Wildman–Crippen LogP) is 2.48. The third-order valence-corrected chi connectivity index (χ3v) is 3.96. The van der Waals surface area contributed by atoms with E-state index in [0.29, 0.717) is 18.9 Å². The van der Waals surface area contributed by atoms with Gasteiger partial charge in [-0.3, -0.25) is 15.0 Å². The zero-order chi connectivity index (χ0) is 18.5. The Morgan fingerprint density at radius 1 is 1.08 bits per heavy atom. The van der Waals surface area contributed by atoms with Gasteiger partial charge in [-0.2, -0.15) is 0 Å². The van der Waals surface area contributed by atoms with Gasteiger partial charge in [0, 0.05) is 7.11 Å². The lowest BCUT2D eigenvalue weighted by Gasteiger charge is -2.13. The van der Waals surface area contributed by atoms with Gasteiger partial charge < -0.3 is 9.47 Å². The molecule has 2 aromatic rings. The number of carbonyl (C=O) groups excluding carboxylic acids is 2. The minimum Gasteiger partial charge on any atom is -0.491 e. The zero-order valence-corrected chi connectivity index (χ0v) is 14.7. The third kappa shape index (κ3) is 3.75. The normalized spacial score (nSPS) is 15.5. The maximum absolute atomic E-state index is 12.6. The van der Waals surface area contributed by atoms with Gasteiger partial charge in [0.2, 0.25) is 0 Å². The first kappa shape index (κ1) is 17.7. The number of methoxy groups -OCH3 is 1. The lowest BCUT2D eigenvalue weighted by molar-refractivity contribution is -0.117. The van der Waals surface area contributed by atoms with Crippen molar-refractivity contribution >= 4 is 23.6 Å². The average Bonchev–Trinajstić information content (AvgIpc) is 2.92. The van der Waals surface area contributed by atoms with Crippen molar-refractivity contribution in [3.8, 4) is 5.75 Å². The van der Waals surface area contributed by atoms with Gasteiger partial charge in [0.05, 0.1) is 12.3 Å². The van der Waals surface area contributed by atoms with E-state index in [1.165, 1.54) is 5.01 Å². The number of benzene rings is 2. The Kier molecular flexibility index (Phi) is 5.34. The summed E-state index contributed by atoms with van der Waals surface area (Å²) < 4.78 is 10.6. The average molecular weight is 352 g/mol. The minimum atomic E-state index is -0.420. The first-order chi connectivity index (χ1) is 12.6. The molecule has 0 spiro atoms. The molecule has 2 amide bonds. The van der Waals surface area contributed by atoms with Crippen LogP contribution in [0.15, 0.2) is 54.1 Å². The first-order valence-electron chi connectivity index (χ1n) is 8.24. The molecule has 1 aliphatic heterocycles. The molecule has 1 heterocycles. The summed E-state index contributed by atoms with van der Waals surface area (Å²) in [4.78, 5) is 24.8. The van der Waals surface area contributed by atoms with Crippen molar-refractivity contribution in [3.63, 3.8) is 0 Å². The number of carbonyl (C=O) groups is 2. The number of anilines is 1. The van der Waals surface area contributed by atoms with Gasteiger partial charge in [-0.15, -0.1) is 0 Å². The van der Waals surface area contributed by atoms with Crippen LogP contribution in [-0.2, 0) is 14.3 Å². The van der Waals surface area contributed by atoms with Crippen LogP contribution in [0.1, 0.15) is 11.1 Å². The van der Waals surface area contributed by atoms with Crippen LogP contribution in [0.25, 0.3) is 6.08 Å². The Bertz CT molecular complexity index is 846. The molecule has 134 valence electrons. The highest BCUT2D eigenvalue weighted by Gasteiger charge is 2.34. The Morgan fingerprint density at radius 2 is 1.85 bits per heavy atom. The number of nitrogens with zero attached hydrogens (tertiary/aromatic N) is 1. The van der Waals surface area contributed by atoms with Crippen molar-refractivity contribution in [1.82, 2.24) is 5.43 Å². The topological polar surface area (TPSA) is 67.9 Å². The number of nitrogens with one attached hydrogen (secondary N) is 1. The second-order valence-corrected chi connectivity index (χ2v) is 5.84. The van der Waals surface area contributed by atoms with Crippen molar-refractivity contribution < 1.29 is 19.1 Å². The van der Waals surface area contributed by atoms with Gasteiger partial charge in [0.1, 0.15) is 17.9 Å². The lowest BCUT2D eigenvalue weighted by Crippen LogP contribution is -2.35. The molecule has 0 atom stereocenters. The van der Waals surface area contributed by atoms with Gasteiger partial charge in [-0.05, 0) is 48.4 Å². The molecule has 6 nitrogen and oxygen atoms in total. The summed E-state index contributed by atoms with van der Waals surface area (Å²) in [6.07, 6.45) is 1.59. The van der Waals surface area contributed by atoms with Crippen molar-refractivity contribution in [1.29, 1.82) is 0 Å². The van der Waals surface area contributed by atoms with Crippen LogP contribution in [-0.4, -0.2) is 32.1 Å². The highest BCUT2D eigenvalue weighted by molar-refractivity contribution is 6.31. The summed E-state index contributed by atoms with van der Waals surface area (Å²) in [5, 5.41) is 1.25. The molecule has 2 aromatic carbocycles. The second kappa shape index (κ2) is 7.84. The second-order valence-electron chi connectivity index (χ2n) is 5.84. The summed E-state index contributed by atoms with van der Waals surface area (Å²) in [6, 6.07) is 14.5. The fourth-order valence-electron chi connectivity index (χ4n) is 2.64. The first-order valence-corrected chi connectivity index (χ1v) is 8.24. The van der Waals surface area contributed by atoms with Crippen LogP contribution >= 0.6 is 0 Å². The van der Waals surface area contributed by atoms with E-state index in [4.69, 9.17) is 9.47 Å². The minimum absolute atomic E-state index is 0.0984. The van der Waals surface area contributed by atoms with Crippen molar-refractivity contribution in [2.45, 2.75) is 6.92 Å². The van der Waals surface area contributed by atoms with E-state index in [-0.39, 0.29) is 11.5 Å². The molecule has 0 unspecified atom stereocenters. The number of hydrogen-bond donors (Lipinski definition) is 1. The van der Waals surface area contributed by atoms with E-state index in [9.17, 15) is 9.59 Å². The van der Waals surface area contributed by atoms with Crippen molar-refractivity contribution in [3.05, 3.63) is 65.2 Å². The van der Waals surface area contributed by atoms with Crippen LogP contribution in [0.5, 0.6) is 5.75 Å². The fraction of sp³-hybridized carbons (Fsp3) is 0.200. The lowest BCUT2D eigenvalue weighted by atomic mass is 10.1. The number of amides is 2. The number of aryl methyl sites for hydroxylation is 1. The molecule has 0 aromatic heterocycles. The maximum atomic E-state index is 12.6. The number of hydrazine groups is 1. The van der Waals surface area contributed by atoms with Crippen LogP contribution in [0.2, 0.25) is 0 Å². The molecular formula is C20H20N2O4. The fourth-order valence-corrected chi connectivity index (χ4v) is 2.64. The number of hydrogen-bond acceptors (Lipinski definition) is 4. The predicted molar refractivity (Wildman–Crippen MR) is 98.6 cm³/mol. The van der Waals surface area contributed by atoms with Crippen LogP contribution in [0.3, 0.4) is 0 Å². The smallest absolute Gasteiger partial charge is 0.282 e. The summed E-state index contributed by atoms with van der Waals surface area (Å²) in [5.74, 6) is -0.0477. The molecule has 0 aliphatic carbocycles. The van der Waals surface area contributed by atoms with Gasteiger partial charge >= 0.3 is 0 Å². The van der Waals surface area contributed by atoms with Gasteiger partial charge in [-0.25, -0.2) is 5.01 Å². The van der Waals surface area contributed by atoms with E-state index < -0.39 is 5.91 Å². The highest BCUT2D eigenvalue weighted by Crippen LogP contribution is 2.24. The summed E-state index contributed by atoms with van der Waals surface area (Å²) in [6.45, 7) is 2.89. The van der Waals surface area contributed by atoms with Crippen molar-refractivity contribution in [2.75, 3.05) is 25.3 Å². The van der Waals surface area contributed by atoms with Crippen LogP contribution < -0.4 is 15.2 Å². The Hall–Kier alpha value is -3.12. The monoisotopic (exact) mass is 352 g/mol. The molecule has 0 saturated carbocycles. The molecule has 3 rings (SSSR count). The van der Waals surface area contributed by atoms with Gasteiger partial charge in [-0.1, -0.05) is 24.3 Å². The molecule has 6 heteroatoms. The number of ether oxygens (including phenoxy) is 2. The highest BCUT2D eigenvalue weighted by atomic mass is 16.5. The number of rotatable bonds is 6. The van der Waals surface area contributed by atoms with E-state index in [2.05, 4.69) is 5.43 Å². The quantitative estimate of drug-likeness (QED) is 0.493. The summed E-state index contributed by atoms with van der Waals surface area (Å²) in [5.41, 5.74) is 4.98. The van der Waals surface area contributed by atoms with Crippen molar-refractivity contribution in [2.24, 2.45) is 0 Å². The van der Waals surface area contributed by atoms with E-state index in [0.717, 1.165) is 16.9 Å². The molecule has 1 saturated heterocycles. The Morgan fingerprint density at radius 3 is 2.54 bits per heavy atom. The molecular weight excluding hydrogens is 332 g/mol. The van der Waals surface area contributed by atoms with E-state index in [1.54, 1.807) is 25.3 Å². The molecule has 0 bridgehead atoms. The van der Waals surface area contributed by atoms with Gasteiger partial charge in [0.15, 0.2) is 0 Å². The molecule has 1 fully saturated rings. The Balaban J connectivity index is 1.80. The maximum Gasteiger partial charge on any atom is 0.282 e. The SMILES string of the molecule is COCCOc1ccc(C=C2C(=O)NN(c3ccccc3)C2=O)cc1C. The zero-order valence-electron chi connectivity index (χ0n) is 14.7.